The maximum absolute atomic E-state index is 11.0. The number of hydrogen-bond donors (Lipinski definition) is 0. The number of rotatable bonds is 6. The molecule has 0 radical (unpaired) electrons. The lowest BCUT2D eigenvalue weighted by molar-refractivity contribution is -0.385. The Bertz CT molecular complexity index is 727. The standard InChI is InChI=1S/C19H23N3O3/c1-16-6-2-3-7-17(16)21-12-10-20(11-13-21)14-15-25-19-9-5-4-8-18(19)22(23)24/h2-9H,10-15H2,1H3. The second kappa shape index (κ2) is 7.98. The molecule has 132 valence electrons. The van der Waals surface area contributed by atoms with Gasteiger partial charge >= 0.3 is 5.69 Å². The van der Waals surface area contributed by atoms with E-state index in [2.05, 4.69) is 41.0 Å². The van der Waals surface area contributed by atoms with E-state index >= 15 is 0 Å². The van der Waals surface area contributed by atoms with Crippen molar-refractivity contribution in [2.75, 3.05) is 44.2 Å². The van der Waals surface area contributed by atoms with Crippen molar-refractivity contribution in [3.05, 3.63) is 64.2 Å². The van der Waals surface area contributed by atoms with Crippen molar-refractivity contribution < 1.29 is 9.66 Å². The van der Waals surface area contributed by atoms with Crippen LogP contribution < -0.4 is 9.64 Å². The van der Waals surface area contributed by atoms with E-state index in [1.54, 1.807) is 18.2 Å². The second-order valence-electron chi connectivity index (χ2n) is 6.19. The van der Waals surface area contributed by atoms with Crippen LogP contribution in [0.3, 0.4) is 0 Å². The predicted molar refractivity (Wildman–Crippen MR) is 98.4 cm³/mol. The highest BCUT2D eigenvalue weighted by atomic mass is 16.6. The van der Waals surface area contributed by atoms with Gasteiger partial charge in [-0.25, -0.2) is 0 Å². The molecular weight excluding hydrogens is 318 g/mol. The highest BCUT2D eigenvalue weighted by molar-refractivity contribution is 5.53. The van der Waals surface area contributed by atoms with E-state index in [0.717, 1.165) is 32.7 Å². The lowest BCUT2D eigenvalue weighted by Crippen LogP contribution is -2.47. The van der Waals surface area contributed by atoms with Crippen molar-refractivity contribution in [1.29, 1.82) is 0 Å². The fourth-order valence-electron chi connectivity index (χ4n) is 3.15. The number of piperazine rings is 1. The Balaban J connectivity index is 1.47. The Hall–Kier alpha value is -2.60. The molecule has 6 heteroatoms. The van der Waals surface area contributed by atoms with Gasteiger partial charge in [-0.3, -0.25) is 15.0 Å². The topological polar surface area (TPSA) is 58.8 Å². The van der Waals surface area contributed by atoms with Crippen LogP contribution in [-0.2, 0) is 0 Å². The van der Waals surface area contributed by atoms with Crippen molar-refractivity contribution in [2.24, 2.45) is 0 Å². The molecule has 0 bridgehead atoms. The number of benzene rings is 2. The summed E-state index contributed by atoms with van der Waals surface area (Å²) in [6, 6.07) is 15.0. The number of anilines is 1. The summed E-state index contributed by atoms with van der Waals surface area (Å²) in [6.07, 6.45) is 0. The molecule has 2 aromatic rings. The Morgan fingerprint density at radius 3 is 2.44 bits per heavy atom. The molecule has 25 heavy (non-hydrogen) atoms. The first-order valence-electron chi connectivity index (χ1n) is 8.54. The summed E-state index contributed by atoms with van der Waals surface area (Å²) in [4.78, 5) is 15.3. The molecule has 1 fully saturated rings. The zero-order chi connectivity index (χ0) is 17.6. The lowest BCUT2D eigenvalue weighted by atomic mass is 10.1. The van der Waals surface area contributed by atoms with Gasteiger partial charge in [0.05, 0.1) is 4.92 Å². The van der Waals surface area contributed by atoms with Crippen LogP contribution in [0.25, 0.3) is 0 Å². The van der Waals surface area contributed by atoms with E-state index in [9.17, 15) is 10.1 Å². The number of para-hydroxylation sites is 3. The molecule has 2 aromatic carbocycles. The molecule has 0 saturated carbocycles. The highest BCUT2D eigenvalue weighted by Crippen LogP contribution is 2.26. The predicted octanol–water partition coefficient (Wildman–Crippen LogP) is 3.10. The van der Waals surface area contributed by atoms with Crippen molar-refractivity contribution >= 4 is 11.4 Å². The van der Waals surface area contributed by atoms with Gasteiger partial charge in [0.2, 0.25) is 0 Å². The van der Waals surface area contributed by atoms with E-state index in [4.69, 9.17) is 4.74 Å². The first-order valence-corrected chi connectivity index (χ1v) is 8.54. The van der Waals surface area contributed by atoms with E-state index in [0.29, 0.717) is 12.4 Å². The molecule has 0 aliphatic carbocycles. The minimum absolute atomic E-state index is 0.0203. The minimum Gasteiger partial charge on any atom is -0.485 e. The summed E-state index contributed by atoms with van der Waals surface area (Å²) in [5.74, 6) is 0.339. The fourth-order valence-corrected chi connectivity index (χ4v) is 3.15. The monoisotopic (exact) mass is 341 g/mol. The third-order valence-corrected chi connectivity index (χ3v) is 4.56. The van der Waals surface area contributed by atoms with E-state index < -0.39 is 4.92 Å². The molecule has 3 rings (SSSR count). The smallest absolute Gasteiger partial charge is 0.310 e. The highest BCUT2D eigenvalue weighted by Gasteiger charge is 2.19. The Morgan fingerprint density at radius 2 is 1.72 bits per heavy atom. The average Bonchev–Trinajstić information content (AvgIpc) is 2.63. The molecule has 0 unspecified atom stereocenters. The summed E-state index contributed by atoms with van der Waals surface area (Å²) in [5, 5.41) is 11.0. The molecule has 0 N–H and O–H groups in total. The van der Waals surface area contributed by atoms with E-state index in [-0.39, 0.29) is 5.69 Å². The van der Waals surface area contributed by atoms with Gasteiger partial charge in [0, 0.05) is 44.5 Å². The maximum atomic E-state index is 11.0. The van der Waals surface area contributed by atoms with Crippen LogP contribution in [-0.4, -0.2) is 49.2 Å². The first kappa shape index (κ1) is 17.2. The molecule has 0 amide bonds. The average molecular weight is 341 g/mol. The molecule has 0 atom stereocenters. The third kappa shape index (κ3) is 4.28. The van der Waals surface area contributed by atoms with Gasteiger partial charge in [-0.1, -0.05) is 30.3 Å². The molecule has 1 aliphatic heterocycles. The fraction of sp³-hybridized carbons (Fsp3) is 0.368. The van der Waals surface area contributed by atoms with Crippen LogP contribution in [0.2, 0.25) is 0 Å². The number of nitrogens with zero attached hydrogens (tertiary/aromatic N) is 3. The van der Waals surface area contributed by atoms with Gasteiger partial charge in [-0.2, -0.15) is 0 Å². The molecule has 0 spiro atoms. The number of ether oxygens (including phenoxy) is 1. The Labute approximate surface area is 147 Å². The van der Waals surface area contributed by atoms with Crippen LogP contribution in [0, 0.1) is 17.0 Å². The third-order valence-electron chi connectivity index (χ3n) is 4.56. The lowest BCUT2D eigenvalue weighted by Gasteiger charge is -2.36. The van der Waals surface area contributed by atoms with Crippen LogP contribution >= 0.6 is 0 Å². The van der Waals surface area contributed by atoms with Crippen LogP contribution in [0.4, 0.5) is 11.4 Å². The molecular formula is C19H23N3O3. The van der Waals surface area contributed by atoms with E-state index in [1.807, 2.05) is 0 Å². The number of nitro benzene ring substituents is 1. The molecule has 6 nitrogen and oxygen atoms in total. The summed E-state index contributed by atoms with van der Waals surface area (Å²) >= 11 is 0. The van der Waals surface area contributed by atoms with Crippen LogP contribution in [0.15, 0.2) is 48.5 Å². The van der Waals surface area contributed by atoms with Gasteiger partial charge in [0.25, 0.3) is 0 Å². The Kier molecular flexibility index (Phi) is 5.50. The number of aryl methyl sites for hydroxylation is 1. The maximum Gasteiger partial charge on any atom is 0.310 e. The molecule has 0 aromatic heterocycles. The summed E-state index contributed by atoms with van der Waals surface area (Å²) < 4.78 is 5.63. The largest absolute Gasteiger partial charge is 0.485 e. The normalized spacial score (nSPS) is 15.2. The first-order chi connectivity index (χ1) is 12.1. The van der Waals surface area contributed by atoms with Gasteiger partial charge in [-0.15, -0.1) is 0 Å². The second-order valence-corrected chi connectivity index (χ2v) is 6.19. The SMILES string of the molecule is Cc1ccccc1N1CCN(CCOc2ccccc2[N+](=O)[O-])CC1. The summed E-state index contributed by atoms with van der Waals surface area (Å²) in [7, 11) is 0. The quantitative estimate of drug-likeness (QED) is 0.597. The van der Waals surface area contributed by atoms with E-state index in [1.165, 1.54) is 17.3 Å². The summed E-state index contributed by atoms with van der Waals surface area (Å²) in [6.45, 7) is 7.26. The van der Waals surface area contributed by atoms with Gasteiger partial charge in [-0.05, 0) is 24.6 Å². The van der Waals surface area contributed by atoms with Gasteiger partial charge in [0.15, 0.2) is 5.75 Å². The van der Waals surface area contributed by atoms with Crippen LogP contribution in [0.5, 0.6) is 5.75 Å². The number of nitro groups is 1. The van der Waals surface area contributed by atoms with Crippen molar-refractivity contribution in [1.82, 2.24) is 4.90 Å². The zero-order valence-electron chi connectivity index (χ0n) is 14.4. The van der Waals surface area contributed by atoms with Crippen LogP contribution in [0.1, 0.15) is 5.56 Å². The molecule has 1 saturated heterocycles. The van der Waals surface area contributed by atoms with Crippen molar-refractivity contribution in [3.8, 4) is 5.75 Å². The molecule has 1 aliphatic rings. The van der Waals surface area contributed by atoms with Crippen molar-refractivity contribution in [2.45, 2.75) is 6.92 Å². The van der Waals surface area contributed by atoms with Gasteiger partial charge < -0.3 is 9.64 Å². The van der Waals surface area contributed by atoms with Crippen molar-refractivity contribution in [3.63, 3.8) is 0 Å². The zero-order valence-corrected chi connectivity index (χ0v) is 14.4. The molecule has 1 heterocycles. The minimum atomic E-state index is -0.406. The Morgan fingerprint density at radius 1 is 1.04 bits per heavy atom. The van der Waals surface area contributed by atoms with Gasteiger partial charge in [0.1, 0.15) is 6.61 Å². The number of hydrogen-bond acceptors (Lipinski definition) is 5. The summed E-state index contributed by atoms with van der Waals surface area (Å²) in [5.41, 5.74) is 2.63.